The summed E-state index contributed by atoms with van der Waals surface area (Å²) in [5, 5.41) is 37.6. The number of hydrogen-bond acceptors (Lipinski definition) is 10. The summed E-state index contributed by atoms with van der Waals surface area (Å²) in [5.74, 6) is -2.30. The van der Waals surface area contributed by atoms with Gasteiger partial charge in [-0.05, 0) is 44.4 Å². The fourth-order valence-electron chi connectivity index (χ4n) is 11.8. The van der Waals surface area contributed by atoms with Crippen molar-refractivity contribution in [3.63, 3.8) is 0 Å². The first-order valence-corrected chi connectivity index (χ1v) is 14.8. The maximum absolute atomic E-state index is 13.5. The fraction of sp³-hybridized carbons (Fsp3) is 0.774. The van der Waals surface area contributed by atoms with Gasteiger partial charge in [-0.3, -0.25) is 0 Å². The Morgan fingerprint density at radius 3 is 2.39 bits per heavy atom. The number of fused-ring (bicyclic) bond motifs is 2. The van der Waals surface area contributed by atoms with Gasteiger partial charge in [0.15, 0.2) is 0 Å². The van der Waals surface area contributed by atoms with E-state index in [-0.39, 0.29) is 35.8 Å². The first-order valence-electron chi connectivity index (χ1n) is 14.8. The molecule has 1 aromatic carbocycles. The van der Waals surface area contributed by atoms with Crippen LogP contribution >= 0.6 is 0 Å². The number of carbonyl (C=O) groups excluding carboxylic acids is 1. The van der Waals surface area contributed by atoms with E-state index in [0.717, 1.165) is 19.4 Å². The Morgan fingerprint density at radius 1 is 1.02 bits per heavy atom. The van der Waals surface area contributed by atoms with Gasteiger partial charge in [-0.2, -0.15) is 0 Å². The number of methoxy groups -OCH3 is 4. The van der Waals surface area contributed by atoms with E-state index in [9.17, 15) is 20.1 Å². The number of nitrogens with zero attached hydrogens (tertiary/aromatic N) is 1. The molecule has 0 aromatic heterocycles. The van der Waals surface area contributed by atoms with Gasteiger partial charge >= 0.3 is 5.97 Å². The van der Waals surface area contributed by atoms with Crippen LogP contribution in [0.2, 0.25) is 0 Å². The number of likely N-dealkylation sites (tertiary alicyclic amines) is 1. The Bertz CT molecular complexity index is 1200. The normalized spacial score (nSPS) is 52.9. The molecular weight excluding hydrogens is 530 g/mol. The number of rotatable bonds is 7. The van der Waals surface area contributed by atoms with Crippen LogP contribution in [-0.2, 0) is 23.7 Å². The molecule has 10 nitrogen and oxygen atoms in total. The van der Waals surface area contributed by atoms with Gasteiger partial charge in [0, 0.05) is 69.6 Å². The smallest absolute Gasteiger partial charge is 0.338 e. The van der Waals surface area contributed by atoms with Gasteiger partial charge in [0.2, 0.25) is 0 Å². The molecule has 0 amide bonds. The molecule has 1 spiro atoms. The Hall–Kier alpha value is -1.63. The second-order valence-electron chi connectivity index (χ2n) is 13.6. The molecule has 1 saturated heterocycles. The average Bonchev–Trinajstić information content (AvgIpc) is 3.36. The number of carbonyl (C=O) groups is 1. The number of hydrogen-bond donors (Lipinski definition) is 3. The zero-order valence-electron chi connectivity index (χ0n) is 24.4. The molecule has 0 radical (unpaired) electrons. The summed E-state index contributed by atoms with van der Waals surface area (Å²) in [6.45, 7) is 1.29. The third kappa shape index (κ3) is 3.08. The second kappa shape index (κ2) is 9.19. The zero-order chi connectivity index (χ0) is 29.1. The van der Waals surface area contributed by atoms with Gasteiger partial charge in [-0.1, -0.05) is 18.2 Å². The SMILES string of the molecule is COC[C@@]12CC[C@H](OC)[C@]34[C@H]([C@H]([C@H](OC)[C@H]13)[C@]1(O)[C@H]3[C@@H](OC(=O)c5ccccc5)[C@@](O)(C[C@@H]34)[C@@H](OC)[C@@H]1O)N(C)C2. The van der Waals surface area contributed by atoms with E-state index in [4.69, 9.17) is 23.7 Å². The van der Waals surface area contributed by atoms with Crippen molar-refractivity contribution in [2.75, 3.05) is 48.6 Å². The minimum absolute atomic E-state index is 0.0644. The van der Waals surface area contributed by atoms with Crippen molar-refractivity contribution >= 4 is 5.97 Å². The Kier molecular flexibility index (Phi) is 6.31. The summed E-state index contributed by atoms with van der Waals surface area (Å²) in [6, 6.07) is 8.46. The third-order valence-electron chi connectivity index (χ3n) is 12.5. The molecule has 1 heterocycles. The van der Waals surface area contributed by atoms with E-state index < -0.39 is 58.8 Å². The van der Waals surface area contributed by atoms with Gasteiger partial charge in [0.25, 0.3) is 0 Å². The maximum Gasteiger partial charge on any atom is 0.338 e. The number of esters is 1. The Balaban J connectivity index is 1.46. The van der Waals surface area contributed by atoms with Crippen molar-refractivity contribution in [1.29, 1.82) is 0 Å². The number of piperidine rings is 1. The molecule has 10 heteroatoms. The minimum atomic E-state index is -1.76. The van der Waals surface area contributed by atoms with Crippen molar-refractivity contribution in [2.24, 2.45) is 34.5 Å². The molecule has 7 bridgehead atoms. The van der Waals surface area contributed by atoms with Gasteiger partial charge < -0.3 is 43.9 Å². The van der Waals surface area contributed by atoms with Gasteiger partial charge in [0.1, 0.15) is 29.5 Å². The Morgan fingerprint density at radius 2 is 1.76 bits per heavy atom. The highest BCUT2D eigenvalue weighted by Gasteiger charge is 2.90. The lowest BCUT2D eigenvalue weighted by Gasteiger charge is -2.69. The van der Waals surface area contributed by atoms with Crippen LogP contribution in [-0.4, -0.2) is 123 Å². The van der Waals surface area contributed by atoms with Crippen LogP contribution < -0.4 is 0 Å². The first kappa shape index (κ1) is 28.2. The maximum atomic E-state index is 13.5. The van der Waals surface area contributed by atoms with E-state index >= 15 is 0 Å². The molecule has 1 aromatic rings. The molecule has 41 heavy (non-hydrogen) atoms. The van der Waals surface area contributed by atoms with Crippen LogP contribution in [0.1, 0.15) is 29.6 Å². The molecule has 6 aliphatic rings. The number of aliphatic hydroxyl groups is 3. The molecule has 3 N–H and O–H groups in total. The average molecular weight is 574 g/mol. The van der Waals surface area contributed by atoms with Crippen molar-refractivity contribution in [3.8, 4) is 0 Å². The number of aliphatic hydroxyl groups excluding tert-OH is 1. The highest BCUT2D eigenvalue weighted by molar-refractivity contribution is 5.89. The fourth-order valence-corrected chi connectivity index (χ4v) is 11.8. The standard InChI is InChI=1S/C31H43NO9/c1-32-14-28(15-37-2)12-11-18(38-3)30-17-13-29(35)25(41-27(34)16-9-7-6-8-10-16)19(17)31(36,24(33)26(29)40-5)20(23(30)32)21(39-4)22(28)30/h6-10,17-26,33,35-36H,11-15H2,1-5H3/t17-,18-,19+,20-,21-,22+,23-,24-,25+,26-,28-,29-,30-,31+/m0/s1. The van der Waals surface area contributed by atoms with Crippen LogP contribution in [0.5, 0.6) is 0 Å². The second-order valence-corrected chi connectivity index (χ2v) is 13.6. The molecular formula is C31H43NO9. The predicted octanol–water partition coefficient (Wildman–Crippen LogP) is 0.716. The summed E-state index contributed by atoms with van der Waals surface area (Å²) in [6.07, 6.45) is -2.45. The van der Waals surface area contributed by atoms with Crippen molar-refractivity contribution in [3.05, 3.63) is 35.9 Å². The predicted molar refractivity (Wildman–Crippen MR) is 145 cm³/mol. The molecule has 1 aliphatic heterocycles. The summed E-state index contributed by atoms with van der Waals surface area (Å²) in [5.41, 5.74) is -3.95. The monoisotopic (exact) mass is 573 g/mol. The molecule has 14 atom stereocenters. The number of ether oxygens (including phenoxy) is 5. The first-order chi connectivity index (χ1) is 19.6. The molecule has 6 fully saturated rings. The van der Waals surface area contributed by atoms with Crippen LogP contribution in [0.4, 0.5) is 0 Å². The summed E-state index contributed by atoms with van der Waals surface area (Å²) < 4.78 is 30.6. The highest BCUT2D eigenvalue weighted by Crippen LogP contribution is 2.80. The van der Waals surface area contributed by atoms with E-state index in [2.05, 4.69) is 11.9 Å². The van der Waals surface area contributed by atoms with E-state index in [1.807, 2.05) is 6.07 Å². The molecule has 226 valence electrons. The van der Waals surface area contributed by atoms with Crippen molar-refractivity contribution in [1.82, 2.24) is 4.90 Å². The lowest BCUT2D eigenvalue weighted by atomic mass is 9.43. The van der Waals surface area contributed by atoms with Gasteiger partial charge in [-0.15, -0.1) is 0 Å². The van der Waals surface area contributed by atoms with Crippen molar-refractivity contribution < 1.29 is 43.8 Å². The quantitative estimate of drug-likeness (QED) is 0.402. The minimum Gasteiger partial charge on any atom is -0.455 e. The largest absolute Gasteiger partial charge is 0.455 e. The van der Waals surface area contributed by atoms with Crippen LogP contribution in [0.25, 0.3) is 0 Å². The molecule has 5 saturated carbocycles. The van der Waals surface area contributed by atoms with Crippen LogP contribution in [0, 0.1) is 34.5 Å². The lowest BCUT2D eigenvalue weighted by molar-refractivity contribution is -0.313. The van der Waals surface area contributed by atoms with Crippen molar-refractivity contribution in [2.45, 2.75) is 67.0 Å². The van der Waals surface area contributed by atoms with E-state index in [0.29, 0.717) is 12.2 Å². The van der Waals surface area contributed by atoms with E-state index in [1.54, 1.807) is 45.6 Å². The van der Waals surface area contributed by atoms with E-state index in [1.165, 1.54) is 7.11 Å². The molecule has 5 aliphatic carbocycles. The summed E-state index contributed by atoms with van der Waals surface area (Å²) in [7, 11) is 8.65. The number of benzene rings is 1. The van der Waals surface area contributed by atoms with Crippen LogP contribution in [0.15, 0.2) is 30.3 Å². The summed E-state index contributed by atoms with van der Waals surface area (Å²) in [4.78, 5) is 15.8. The highest BCUT2D eigenvalue weighted by atomic mass is 16.6. The third-order valence-corrected chi connectivity index (χ3v) is 12.5. The zero-order valence-corrected chi connectivity index (χ0v) is 24.4. The van der Waals surface area contributed by atoms with Gasteiger partial charge in [-0.25, -0.2) is 4.79 Å². The molecule has 7 rings (SSSR count). The molecule has 0 unspecified atom stereocenters. The Labute approximate surface area is 240 Å². The van der Waals surface area contributed by atoms with Gasteiger partial charge in [0.05, 0.1) is 24.4 Å². The summed E-state index contributed by atoms with van der Waals surface area (Å²) >= 11 is 0. The lowest BCUT2D eigenvalue weighted by Crippen LogP contribution is -2.79. The topological polar surface area (TPSA) is 127 Å². The van der Waals surface area contributed by atoms with Crippen LogP contribution in [0.3, 0.4) is 0 Å².